The minimum Gasteiger partial charge on any atom is -0.443 e. The highest BCUT2D eigenvalue weighted by Crippen LogP contribution is 2.00. The van der Waals surface area contributed by atoms with Gasteiger partial charge in [0.25, 0.3) is 6.26 Å². The van der Waals surface area contributed by atoms with Crippen LogP contribution in [0.15, 0.2) is 30.3 Å². The van der Waals surface area contributed by atoms with Gasteiger partial charge in [0.15, 0.2) is 0 Å². The Labute approximate surface area is 70.7 Å². The predicted molar refractivity (Wildman–Crippen MR) is 43.5 cm³/mol. The highest BCUT2D eigenvalue weighted by Gasteiger charge is 1.81. The lowest BCUT2D eigenvalue weighted by Gasteiger charge is -1.88. The van der Waals surface area contributed by atoms with Crippen molar-refractivity contribution in [1.29, 1.82) is 5.26 Å². The summed E-state index contributed by atoms with van der Waals surface area (Å²) in [5, 5.41) is 13.8. The molecule has 0 aromatic heterocycles. The largest absolute Gasteiger partial charge is 0.443 e. The van der Waals surface area contributed by atoms with Gasteiger partial charge in [-0.15, -0.1) is 11.6 Å². The quantitative estimate of drug-likeness (QED) is 0.518. The third-order valence-electron chi connectivity index (χ3n) is 0.997. The third kappa shape index (κ3) is 5.25. The van der Waals surface area contributed by atoms with Crippen LogP contribution in [-0.2, 0) is 5.88 Å². The molecule has 0 saturated carbocycles. The molecule has 1 aromatic carbocycles. The van der Waals surface area contributed by atoms with Crippen molar-refractivity contribution < 1.29 is 5.11 Å². The Morgan fingerprint density at radius 3 is 2.09 bits per heavy atom. The zero-order valence-corrected chi connectivity index (χ0v) is 6.62. The van der Waals surface area contributed by atoms with Gasteiger partial charge in [0, 0.05) is 5.88 Å². The molecular formula is C8H8ClNO. The van der Waals surface area contributed by atoms with Crippen LogP contribution < -0.4 is 0 Å². The Morgan fingerprint density at radius 2 is 1.82 bits per heavy atom. The van der Waals surface area contributed by atoms with Crippen molar-refractivity contribution in [1.82, 2.24) is 0 Å². The van der Waals surface area contributed by atoms with Crippen LogP contribution in [0.1, 0.15) is 5.56 Å². The van der Waals surface area contributed by atoms with Gasteiger partial charge in [-0.2, -0.15) is 5.26 Å². The molecule has 0 fully saturated rings. The molecule has 58 valence electrons. The SMILES string of the molecule is ClCc1ccccc1.N#CO. The van der Waals surface area contributed by atoms with Crippen LogP contribution in [0.25, 0.3) is 0 Å². The molecule has 0 amide bonds. The smallest absolute Gasteiger partial charge is 0.283 e. The topological polar surface area (TPSA) is 44.0 Å². The number of alkyl halides is 1. The van der Waals surface area contributed by atoms with Crippen LogP contribution in [-0.4, -0.2) is 5.11 Å². The molecule has 0 spiro atoms. The van der Waals surface area contributed by atoms with Crippen molar-refractivity contribution in [2.45, 2.75) is 5.88 Å². The van der Waals surface area contributed by atoms with E-state index in [1.807, 2.05) is 30.3 Å². The zero-order chi connectivity index (χ0) is 8.53. The standard InChI is InChI=1S/C7H7Cl.CHNO/c8-6-7-4-2-1-3-5-7;2-1-3/h1-5H,6H2;3H. The molecule has 0 bridgehead atoms. The van der Waals surface area contributed by atoms with Crippen molar-refractivity contribution in [3.63, 3.8) is 0 Å². The zero-order valence-electron chi connectivity index (χ0n) is 5.87. The minimum atomic E-state index is 0.612. The van der Waals surface area contributed by atoms with Crippen molar-refractivity contribution in [2.24, 2.45) is 0 Å². The van der Waals surface area contributed by atoms with E-state index in [-0.39, 0.29) is 0 Å². The molecular weight excluding hydrogens is 162 g/mol. The highest BCUT2D eigenvalue weighted by atomic mass is 35.5. The second-order valence-corrected chi connectivity index (χ2v) is 1.99. The number of nitrogens with zero attached hydrogens (tertiary/aromatic N) is 1. The number of nitriles is 1. The number of benzene rings is 1. The van der Waals surface area contributed by atoms with E-state index < -0.39 is 0 Å². The first-order valence-corrected chi connectivity index (χ1v) is 3.51. The predicted octanol–water partition coefficient (Wildman–Crippen LogP) is 2.27. The maximum Gasteiger partial charge on any atom is 0.283 e. The summed E-state index contributed by atoms with van der Waals surface area (Å²) in [6, 6.07) is 9.96. The Morgan fingerprint density at radius 1 is 1.36 bits per heavy atom. The van der Waals surface area contributed by atoms with Crippen LogP contribution in [0.4, 0.5) is 0 Å². The molecule has 1 rings (SSSR count). The lowest BCUT2D eigenvalue weighted by molar-refractivity contribution is 0.503. The number of halogens is 1. The van der Waals surface area contributed by atoms with Crippen LogP contribution in [0.5, 0.6) is 0 Å². The summed E-state index contributed by atoms with van der Waals surface area (Å²) < 4.78 is 0. The molecule has 0 aliphatic rings. The first-order chi connectivity index (χ1) is 5.35. The van der Waals surface area contributed by atoms with Crippen molar-refractivity contribution >= 4 is 11.6 Å². The van der Waals surface area contributed by atoms with Crippen LogP contribution in [0.3, 0.4) is 0 Å². The van der Waals surface area contributed by atoms with E-state index in [0.29, 0.717) is 5.88 Å². The second-order valence-electron chi connectivity index (χ2n) is 1.72. The van der Waals surface area contributed by atoms with E-state index in [1.54, 1.807) is 0 Å². The van der Waals surface area contributed by atoms with Crippen molar-refractivity contribution in [3.05, 3.63) is 35.9 Å². The number of aliphatic hydroxyl groups excluding tert-OH is 1. The molecule has 1 aromatic rings. The van der Waals surface area contributed by atoms with Gasteiger partial charge in [-0.25, -0.2) is 0 Å². The normalized spacial score (nSPS) is 7.27. The summed E-state index contributed by atoms with van der Waals surface area (Å²) in [7, 11) is 0. The van der Waals surface area contributed by atoms with Gasteiger partial charge >= 0.3 is 0 Å². The Bertz CT molecular complexity index is 217. The van der Waals surface area contributed by atoms with Crippen LogP contribution in [0.2, 0.25) is 0 Å². The summed E-state index contributed by atoms with van der Waals surface area (Å²) in [6.45, 7) is 0. The van der Waals surface area contributed by atoms with E-state index in [2.05, 4.69) is 0 Å². The molecule has 0 saturated heterocycles. The Balaban J connectivity index is 0.000000292. The average Bonchev–Trinajstić information content (AvgIpc) is 2.08. The monoisotopic (exact) mass is 169 g/mol. The van der Waals surface area contributed by atoms with E-state index in [1.165, 1.54) is 5.56 Å². The highest BCUT2D eigenvalue weighted by molar-refractivity contribution is 6.17. The van der Waals surface area contributed by atoms with Gasteiger partial charge in [-0.1, -0.05) is 30.3 Å². The van der Waals surface area contributed by atoms with Gasteiger partial charge in [0.2, 0.25) is 0 Å². The second kappa shape index (κ2) is 6.91. The molecule has 0 aliphatic carbocycles. The fourth-order valence-corrected chi connectivity index (χ4v) is 0.745. The Kier molecular flexibility index (Phi) is 6.16. The molecule has 0 aliphatic heterocycles. The van der Waals surface area contributed by atoms with E-state index in [9.17, 15) is 0 Å². The Hall–Kier alpha value is -1.20. The minimum absolute atomic E-state index is 0.612. The summed E-state index contributed by atoms with van der Waals surface area (Å²) in [4.78, 5) is 0. The van der Waals surface area contributed by atoms with Gasteiger partial charge in [-0.3, -0.25) is 0 Å². The van der Waals surface area contributed by atoms with Crippen molar-refractivity contribution in [3.8, 4) is 6.26 Å². The van der Waals surface area contributed by atoms with Gasteiger partial charge in [0.05, 0.1) is 0 Å². The fourth-order valence-electron chi connectivity index (χ4n) is 0.567. The number of aliphatic hydroxyl groups is 1. The van der Waals surface area contributed by atoms with Crippen LogP contribution in [0, 0.1) is 11.5 Å². The lowest BCUT2D eigenvalue weighted by Crippen LogP contribution is -1.71. The van der Waals surface area contributed by atoms with E-state index in [4.69, 9.17) is 22.0 Å². The third-order valence-corrected chi connectivity index (χ3v) is 1.31. The maximum absolute atomic E-state index is 6.88. The lowest BCUT2D eigenvalue weighted by atomic mass is 10.2. The number of hydrogen-bond donors (Lipinski definition) is 1. The molecule has 0 heterocycles. The summed E-state index contributed by atoms with van der Waals surface area (Å²) in [5.41, 5.74) is 1.18. The molecule has 0 unspecified atom stereocenters. The van der Waals surface area contributed by atoms with Crippen LogP contribution >= 0.6 is 11.6 Å². The molecule has 3 heteroatoms. The molecule has 0 atom stereocenters. The summed E-state index contributed by atoms with van der Waals surface area (Å²) in [5.74, 6) is 0.612. The summed E-state index contributed by atoms with van der Waals surface area (Å²) in [6.07, 6.45) is 0.750. The molecule has 11 heavy (non-hydrogen) atoms. The maximum atomic E-state index is 6.88. The van der Waals surface area contributed by atoms with Crippen molar-refractivity contribution in [2.75, 3.05) is 0 Å². The van der Waals surface area contributed by atoms with Gasteiger partial charge in [-0.05, 0) is 5.56 Å². The first-order valence-electron chi connectivity index (χ1n) is 2.98. The van der Waals surface area contributed by atoms with E-state index >= 15 is 0 Å². The summed E-state index contributed by atoms with van der Waals surface area (Å²) >= 11 is 5.53. The molecule has 0 radical (unpaired) electrons. The molecule has 2 nitrogen and oxygen atoms in total. The average molecular weight is 170 g/mol. The fraction of sp³-hybridized carbons (Fsp3) is 0.125. The number of rotatable bonds is 1. The van der Waals surface area contributed by atoms with Gasteiger partial charge in [0.1, 0.15) is 0 Å². The number of hydrogen-bond acceptors (Lipinski definition) is 2. The van der Waals surface area contributed by atoms with Gasteiger partial charge < -0.3 is 5.11 Å². The molecule has 1 N–H and O–H groups in total. The first kappa shape index (κ1) is 9.80. The van der Waals surface area contributed by atoms with E-state index in [0.717, 1.165) is 6.26 Å².